The molecule has 206 valence electrons. The fourth-order valence-electron chi connectivity index (χ4n) is 3.58. The molecule has 3 amide bonds. The predicted octanol–water partition coefficient (Wildman–Crippen LogP) is 2.27. The van der Waals surface area contributed by atoms with Crippen molar-refractivity contribution in [2.75, 3.05) is 20.3 Å². The van der Waals surface area contributed by atoms with Gasteiger partial charge in [0.05, 0.1) is 12.0 Å². The van der Waals surface area contributed by atoms with Gasteiger partial charge < -0.3 is 20.1 Å². The van der Waals surface area contributed by atoms with Gasteiger partial charge in [0.1, 0.15) is 24.7 Å². The fraction of sp³-hybridized carbons (Fsp3) is 0.739. The molecule has 1 heterocycles. The van der Waals surface area contributed by atoms with E-state index >= 15 is 0 Å². The molecule has 0 aromatic heterocycles. The lowest BCUT2D eigenvalue weighted by Gasteiger charge is -2.35. The molecular formula is C23H37Cl3N4O6. The average molecular weight is 572 g/mol. The zero-order valence-corrected chi connectivity index (χ0v) is 23.7. The van der Waals surface area contributed by atoms with Crippen molar-refractivity contribution < 1.29 is 28.7 Å². The van der Waals surface area contributed by atoms with Gasteiger partial charge in [-0.15, -0.1) is 0 Å². The van der Waals surface area contributed by atoms with E-state index in [-0.39, 0.29) is 11.8 Å². The summed E-state index contributed by atoms with van der Waals surface area (Å²) in [5, 5.41) is 6.69. The van der Waals surface area contributed by atoms with E-state index in [1.54, 1.807) is 32.9 Å². The number of alkyl halides is 3. The minimum atomic E-state index is -1.74. The zero-order valence-electron chi connectivity index (χ0n) is 21.5. The monoisotopic (exact) mass is 570 g/mol. The van der Waals surface area contributed by atoms with Crippen LogP contribution >= 0.6 is 34.8 Å². The van der Waals surface area contributed by atoms with Gasteiger partial charge in [-0.2, -0.15) is 0 Å². The summed E-state index contributed by atoms with van der Waals surface area (Å²) in [7, 11) is 1.51. The molecule has 0 bridgehead atoms. The third-order valence-electron chi connectivity index (χ3n) is 5.65. The maximum absolute atomic E-state index is 13.0. The first-order chi connectivity index (χ1) is 16.7. The Balaban J connectivity index is 2.76. The van der Waals surface area contributed by atoms with Crippen LogP contribution in [0, 0.1) is 11.8 Å². The quantitative estimate of drug-likeness (QED) is 0.197. The van der Waals surface area contributed by atoms with Crippen molar-refractivity contribution in [3.63, 3.8) is 0 Å². The third-order valence-corrected chi connectivity index (χ3v) is 5.98. The number of halogens is 3. The largest absolute Gasteiger partial charge is 0.460 e. The minimum Gasteiger partial charge on any atom is -0.460 e. The maximum atomic E-state index is 13.0. The summed E-state index contributed by atoms with van der Waals surface area (Å²) in [5.74, 6) is -2.72. The number of hydrogen-bond donors (Lipinski definition) is 3. The topological polar surface area (TPSA) is 126 Å². The first kappa shape index (κ1) is 32.4. The van der Waals surface area contributed by atoms with Crippen LogP contribution in [0.1, 0.15) is 47.5 Å². The number of allylic oxidation sites excluding steroid dienone is 1. The molecule has 10 nitrogen and oxygen atoms in total. The zero-order chi connectivity index (χ0) is 27.6. The number of nitrogens with zero attached hydrogens (tertiary/aromatic N) is 1. The Hall–Kier alpha value is -1.59. The van der Waals surface area contributed by atoms with E-state index in [1.165, 1.54) is 19.0 Å². The molecule has 13 heteroatoms. The smallest absolute Gasteiger partial charge is 0.325 e. The van der Waals surface area contributed by atoms with Crippen molar-refractivity contribution in [2.45, 2.75) is 75.5 Å². The van der Waals surface area contributed by atoms with Crippen LogP contribution in [0.3, 0.4) is 0 Å². The molecule has 1 aliphatic heterocycles. The molecule has 0 saturated carbocycles. The summed E-state index contributed by atoms with van der Waals surface area (Å²) in [5.41, 5.74) is 2.81. The second-order valence-electron chi connectivity index (χ2n) is 9.01. The number of carbonyl (C=O) groups is 4. The van der Waals surface area contributed by atoms with E-state index in [0.717, 1.165) is 0 Å². The summed E-state index contributed by atoms with van der Waals surface area (Å²) in [6.45, 7) is 8.56. The van der Waals surface area contributed by atoms with Crippen molar-refractivity contribution in [2.24, 2.45) is 11.8 Å². The number of ether oxygens (including phenoxy) is 2. The normalized spacial score (nSPS) is 19.9. The van der Waals surface area contributed by atoms with Crippen LogP contribution in [-0.2, 0) is 28.7 Å². The highest BCUT2D eigenvalue weighted by molar-refractivity contribution is 6.67. The van der Waals surface area contributed by atoms with Crippen LogP contribution in [0.15, 0.2) is 12.2 Å². The van der Waals surface area contributed by atoms with Gasteiger partial charge in [-0.1, -0.05) is 67.7 Å². The lowest BCUT2D eigenvalue weighted by atomic mass is 9.99. The van der Waals surface area contributed by atoms with Gasteiger partial charge in [-0.25, -0.2) is 5.43 Å². The summed E-state index contributed by atoms with van der Waals surface area (Å²) < 4.78 is 8.59. The highest BCUT2D eigenvalue weighted by atomic mass is 35.6. The van der Waals surface area contributed by atoms with E-state index in [9.17, 15) is 19.2 Å². The number of nitrogens with one attached hydrogen (secondary N) is 3. The molecule has 0 spiro atoms. The van der Waals surface area contributed by atoms with E-state index in [0.29, 0.717) is 19.4 Å². The number of amides is 3. The maximum Gasteiger partial charge on any atom is 0.325 e. The second-order valence-corrected chi connectivity index (χ2v) is 11.5. The van der Waals surface area contributed by atoms with Gasteiger partial charge in [0.25, 0.3) is 5.91 Å². The molecule has 1 aliphatic rings. The number of methoxy groups -OCH3 is 1. The van der Waals surface area contributed by atoms with Gasteiger partial charge in [0, 0.05) is 13.7 Å². The van der Waals surface area contributed by atoms with Gasteiger partial charge in [-0.05, 0) is 32.6 Å². The molecule has 0 aromatic rings. The lowest BCUT2D eigenvalue weighted by molar-refractivity contribution is -0.152. The van der Waals surface area contributed by atoms with Crippen LogP contribution in [0.4, 0.5) is 0 Å². The molecule has 3 N–H and O–H groups in total. The van der Waals surface area contributed by atoms with Crippen molar-refractivity contribution in [3.8, 4) is 0 Å². The number of hydrazine groups is 1. The molecule has 0 radical (unpaired) electrons. The molecule has 1 saturated heterocycles. The molecule has 1 unspecified atom stereocenters. The number of hydrogen-bond acceptors (Lipinski definition) is 7. The van der Waals surface area contributed by atoms with Crippen LogP contribution in [0.5, 0.6) is 0 Å². The second kappa shape index (κ2) is 15.0. The van der Waals surface area contributed by atoms with Crippen molar-refractivity contribution >= 4 is 58.5 Å². The van der Waals surface area contributed by atoms with Crippen molar-refractivity contribution in [3.05, 3.63) is 12.2 Å². The van der Waals surface area contributed by atoms with Crippen LogP contribution in [0.25, 0.3) is 0 Å². The lowest BCUT2D eigenvalue weighted by Crippen LogP contribution is -2.61. The summed E-state index contributed by atoms with van der Waals surface area (Å²) in [6.07, 6.45) is 4.08. The molecule has 0 aliphatic carbocycles. The molecule has 1 rings (SSSR count). The SMILES string of the molecule is C/C=C/C(OC)[C@@H](C)C(=O)N[C@H](C(=O)N[C@@H](C)C(=O)N1CCC[C@@H](C(=O)OCC(Cl)(Cl)Cl)N1)C(C)C. The number of carbonyl (C=O) groups excluding carboxylic acids is 4. The summed E-state index contributed by atoms with van der Waals surface area (Å²) in [6, 6.07) is -2.59. The number of rotatable bonds is 11. The average Bonchev–Trinajstić information content (AvgIpc) is 2.82. The molecule has 36 heavy (non-hydrogen) atoms. The Morgan fingerprint density at radius 2 is 1.75 bits per heavy atom. The van der Waals surface area contributed by atoms with Crippen LogP contribution in [0.2, 0.25) is 0 Å². The Morgan fingerprint density at radius 1 is 1.11 bits per heavy atom. The highest BCUT2D eigenvalue weighted by Crippen LogP contribution is 2.26. The van der Waals surface area contributed by atoms with Gasteiger partial charge in [0.15, 0.2) is 0 Å². The molecule has 5 atom stereocenters. The van der Waals surface area contributed by atoms with Crippen molar-refractivity contribution in [1.29, 1.82) is 0 Å². The first-order valence-corrected chi connectivity index (χ1v) is 12.9. The Bertz CT molecular complexity index is 805. The van der Waals surface area contributed by atoms with E-state index < -0.39 is 58.3 Å². The van der Waals surface area contributed by atoms with Gasteiger partial charge in [0.2, 0.25) is 15.6 Å². The van der Waals surface area contributed by atoms with E-state index in [2.05, 4.69) is 16.1 Å². The van der Waals surface area contributed by atoms with Gasteiger partial charge >= 0.3 is 5.97 Å². The molecule has 0 aromatic carbocycles. The standard InChI is InChI=1S/C23H37Cl3N4O6/c1-7-9-17(35-6)14(4)19(31)28-18(13(2)3)20(32)27-15(5)21(33)30-11-8-10-16(29-30)22(34)36-12-23(24,25)26/h7,9,13-18,29H,8,10-12H2,1-6H3,(H,27,32)(H,28,31)/b9-7+/t14-,15+,16+,17?,18+/m1/s1. The fourth-order valence-corrected chi connectivity index (χ4v) is 3.74. The summed E-state index contributed by atoms with van der Waals surface area (Å²) in [4.78, 5) is 51.0. The molecule has 1 fully saturated rings. The first-order valence-electron chi connectivity index (χ1n) is 11.8. The highest BCUT2D eigenvalue weighted by Gasteiger charge is 2.35. The Kier molecular flexibility index (Phi) is 13.5. The van der Waals surface area contributed by atoms with E-state index in [1.807, 2.05) is 6.92 Å². The van der Waals surface area contributed by atoms with Crippen molar-refractivity contribution in [1.82, 2.24) is 21.1 Å². The van der Waals surface area contributed by atoms with Crippen LogP contribution < -0.4 is 16.1 Å². The van der Waals surface area contributed by atoms with Crippen LogP contribution in [-0.4, -0.2) is 77.0 Å². The Labute approximate surface area is 227 Å². The predicted molar refractivity (Wildman–Crippen MR) is 138 cm³/mol. The van der Waals surface area contributed by atoms with Gasteiger partial charge in [-0.3, -0.25) is 24.2 Å². The number of esters is 1. The third kappa shape index (κ3) is 10.4. The van der Waals surface area contributed by atoms with E-state index in [4.69, 9.17) is 44.3 Å². The molecular weight excluding hydrogens is 535 g/mol. The summed E-state index contributed by atoms with van der Waals surface area (Å²) >= 11 is 16.8. The Morgan fingerprint density at radius 3 is 2.28 bits per heavy atom. The minimum absolute atomic E-state index is 0.239.